The highest BCUT2D eigenvalue weighted by Crippen LogP contribution is 2.34. The Morgan fingerprint density at radius 2 is 1.86 bits per heavy atom. The third-order valence-electron chi connectivity index (χ3n) is 4.22. The first-order chi connectivity index (χ1) is 10.4. The standard InChI is InChI=1S/C17H25NO2S/c1-2-4-14(5-3-1)13-18-8-11-21-15-6-7-16-17(12-15)20-10-9-19-16/h6-7,12,14,18H,1-5,8-11,13H2. The van der Waals surface area contributed by atoms with Gasteiger partial charge in [0.1, 0.15) is 13.2 Å². The fourth-order valence-electron chi connectivity index (χ4n) is 3.05. The van der Waals surface area contributed by atoms with Gasteiger partial charge >= 0.3 is 0 Å². The van der Waals surface area contributed by atoms with Crippen molar-refractivity contribution < 1.29 is 9.47 Å². The molecule has 4 heteroatoms. The molecule has 0 unspecified atom stereocenters. The molecule has 0 atom stereocenters. The second-order valence-electron chi connectivity index (χ2n) is 5.86. The molecule has 21 heavy (non-hydrogen) atoms. The van der Waals surface area contributed by atoms with Crippen LogP contribution in [0.15, 0.2) is 23.1 Å². The van der Waals surface area contributed by atoms with E-state index in [2.05, 4.69) is 17.4 Å². The van der Waals surface area contributed by atoms with Gasteiger partial charge in [0.05, 0.1) is 0 Å². The number of ether oxygens (including phenoxy) is 2. The Bertz CT molecular complexity index is 446. The van der Waals surface area contributed by atoms with Crippen molar-refractivity contribution in [1.29, 1.82) is 0 Å². The van der Waals surface area contributed by atoms with Gasteiger partial charge in [-0.1, -0.05) is 19.3 Å². The van der Waals surface area contributed by atoms with Crippen molar-refractivity contribution in [3.63, 3.8) is 0 Å². The van der Waals surface area contributed by atoms with Gasteiger partial charge in [0, 0.05) is 17.2 Å². The lowest BCUT2D eigenvalue weighted by atomic mass is 9.89. The molecule has 0 spiro atoms. The van der Waals surface area contributed by atoms with E-state index in [0.717, 1.165) is 29.7 Å². The maximum Gasteiger partial charge on any atom is 0.162 e. The van der Waals surface area contributed by atoms with Crippen LogP contribution in [0.1, 0.15) is 32.1 Å². The summed E-state index contributed by atoms with van der Waals surface area (Å²) in [4.78, 5) is 1.26. The third-order valence-corrected chi connectivity index (χ3v) is 5.21. The largest absolute Gasteiger partial charge is 0.486 e. The molecule has 3 nitrogen and oxygen atoms in total. The molecule has 2 aliphatic rings. The molecule has 0 aromatic heterocycles. The average Bonchev–Trinajstić information content (AvgIpc) is 2.55. The Morgan fingerprint density at radius 3 is 2.71 bits per heavy atom. The number of hydrogen-bond acceptors (Lipinski definition) is 4. The van der Waals surface area contributed by atoms with Crippen LogP contribution in [0.4, 0.5) is 0 Å². The average molecular weight is 307 g/mol. The van der Waals surface area contributed by atoms with Gasteiger partial charge in [0.2, 0.25) is 0 Å². The lowest BCUT2D eigenvalue weighted by Gasteiger charge is -2.21. The van der Waals surface area contributed by atoms with Crippen molar-refractivity contribution in [3.8, 4) is 11.5 Å². The summed E-state index contributed by atoms with van der Waals surface area (Å²) in [5, 5.41) is 3.61. The molecule has 3 rings (SSSR count). The van der Waals surface area contributed by atoms with E-state index in [1.54, 1.807) is 0 Å². The summed E-state index contributed by atoms with van der Waals surface area (Å²) in [5.41, 5.74) is 0. The summed E-state index contributed by atoms with van der Waals surface area (Å²) in [6.07, 6.45) is 7.14. The Hall–Kier alpha value is -0.870. The SMILES string of the molecule is c1cc2c(cc1SCCNCC1CCCCC1)OCCO2. The molecule has 1 saturated carbocycles. The van der Waals surface area contributed by atoms with Crippen LogP contribution in [-0.4, -0.2) is 32.1 Å². The topological polar surface area (TPSA) is 30.5 Å². The van der Waals surface area contributed by atoms with Crippen molar-refractivity contribution in [2.24, 2.45) is 5.92 Å². The van der Waals surface area contributed by atoms with Crippen LogP contribution in [-0.2, 0) is 0 Å². The van der Waals surface area contributed by atoms with Gasteiger partial charge in [0.25, 0.3) is 0 Å². The minimum absolute atomic E-state index is 0.657. The van der Waals surface area contributed by atoms with Crippen molar-refractivity contribution in [3.05, 3.63) is 18.2 Å². The second kappa shape index (κ2) is 7.95. The van der Waals surface area contributed by atoms with Crippen LogP contribution in [0.2, 0.25) is 0 Å². The molecule has 0 saturated heterocycles. The number of thioether (sulfide) groups is 1. The van der Waals surface area contributed by atoms with E-state index in [1.165, 1.54) is 43.5 Å². The molecule has 1 aromatic carbocycles. The highest BCUT2D eigenvalue weighted by Gasteiger charge is 2.13. The lowest BCUT2D eigenvalue weighted by molar-refractivity contribution is 0.171. The van der Waals surface area contributed by atoms with Gasteiger partial charge < -0.3 is 14.8 Å². The van der Waals surface area contributed by atoms with Crippen LogP contribution in [0.3, 0.4) is 0 Å². The van der Waals surface area contributed by atoms with Crippen LogP contribution in [0, 0.1) is 5.92 Å². The van der Waals surface area contributed by atoms with Gasteiger partial charge in [-0.2, -0.15) is 0 Å². The molecule has 0 amide bonds. The predicted molar refractivity (Wildman–Crippen MR) is 87.6 cm³/mol. The summed E-state index contributed by atoms with van der Waals surface area (Å²) in [6, 6.07) is 6.24. The van der Waals surface area contributed by atoms with Crippen LogP contribution >= 0.6 is 11.8 Å². The quantitative estimate of drug-likeness (QED) is 0.641. The number of hydrogen-bond donors (Lipinski definition) is 1. The minimum Gasteiger partial charge on any atom is -0.486 e. The minimum atomic E-state index is 0.657. The highest BCUT2D eigenvalue weighted by molar-refractivity contribution is 7.99. The van der Waals surface area contributed by atoms with E-state index in [1.807, 2.05) is 17.8 Å². The first-order valence-electron chi connectivity index (χ1n) is 8.15. The molecule has 1 heterocycles. The van der Waals surface area contributed by atoms with E-state index in [0.29, 0.717) is 13.2 Å². The maximum absolute atomic E-state index is 5.62. The Kier molecular flexibility index (Phi) is 5.69. The van der Waals surface area contributed by atoms with Crippen molar-refractivity contribution in [1.82, 2.24) is 5.32 Å². The van der Waals surface area contributed by atoms with Crippen molar-refractivity contribution in [2.75, 3.05) is 32.1 Å². The molecule has 1 aromatic rings. The Balaban J connectivity index is 1.35. The second-order valence-corrected chi connectivity index (χ2v) is 7.03. The first kappa shape index (κ1) is 15.0. The molecular formula is C17H25NO2S. The predicted octanol–water partition coefficient (Wildman–Crippen LogP) is 3.72. The van der Waals surface area contributed by atoms with Crippen molar-refractivity contribution in [2.45, 2.75) is 37.0 Å². The van der Waals surface area contributed by atoms with E-state index < -0.39 is 0 Å². The lowest BCUT2D eigenvalue weighted by Crippen LogP contribution is -2.26. The maximum atomic E-state index is 5.62. The number of rotatable bonds is 6. The molecule has 1 fully saturated rings. The van der Waals surface area contributed by atoms with E-state index in [4.69, 9.17) is 9.47 Å². The highest BCUT2D eigenvalue weighted by atomic mass is 32.2. The number of benzene rings is 1. The van der Waals surface area contributed by atoms with Gasteiger partial charge in [-0.3, -0.25) is 0 Å². The molecule has 0 bridgehead atoms. The van der Waals surface area contributed by atoms with Gasteiger partial charge in [-0.25, -0.2) is 0 Å². The van der Waals surface area contributed by atoms with Crippen LogP contribution in [0.5, 0.6) is 11.5 Å². The van der Waals surface area contributed by atoms with Crippen molar-refractivity contribution >= 4 is 11.8 Å². The zero-order valence-electron chi connectivity index (χ0n) is 12.6. The zero-order chi connectivity index (χ0) is 14.3. The fourth-order valence-corrected chi connectivity index (χ4v) is 3.89. The summed E-state index contributed by atoms with van der Waals surface area (Å²) in [6.45, 7) is 3.59. The Morgan fingerprint density at radius 1 is 1.05 bits per heavy atom. The Labute approximate surface area is 131 Å². The van der Waals surface area contributed by atoms with Crippen LogP contribution < -0.4 is 14.8 Å². The summed E-state index contributed by atoms with van der Waals surface area (Å²) < 4.78 is 11.2. The number of nitrogens with one attached hydrogen (secondary N) is 1. The summed E-state index contributed by atoms with van der Waals surface area (Å²) in [5.74, 6) is 3.78. The van der Waals surface area contributed by atoms with E-state index in [-0.39, 0.29) is 0 Å². The van der Waals surface area contributed by atoms with Gasteiger partial charge in [-0.05, 0) is 43.5 Å². The summed E-state index contributed by atoms with van der Waals surface area (Å²) in [7, 11) is 0. The molecular weight excluding hydrogens is 282 g/mol. The molecule has 116 valence electrons. The monoisotopic (exact) mass is 307 g/mol. The molecule has 1 N–H and O–H groups in total. The van der Waals surface area contributed by atoms with E-state index in [9.17, 15) is 0 Å². The van der Waals surface area contributed by atoms with E-state index >= 15 is 0 Å². The van der Waals surface area contributed by atoms with Gasteiger partial charge in [0.15, 0.2) is 11.5 Å². The number of fused-ring (bicyclic) bond motifs is 1. The first-order valence-corrected chi connectivity index (χ1v) is 9.13. The van der Waals surface area contributed by atoms with Crippen LogP contribution in [0.25, 0.3) is 0 Å². The van der Waals surface area contributed by atoms with Gasteiger partial charge in [-0.15, -0.1) is 11.8 Å². The zero-order valence-corrected chi connectivity index (χ0v) is 13.4. The normalized spacial score (nSPS) is 18.7. The fraction of sp³-hybridized carbons (Fsp3) is 0.647. The summed E-state index contributed by atoms with van der Waals surface area (Å²) >= 11 is 1.88. The molecule has 0 radical (unpaired) electrons. The molecule has 1 aliphatic carbocycles. The molecule has 1 aliphatic heterocycles. The smallest absolute Gasteiger partial charge is 0.162 e. The third kappa shape index (κ3) is 4.55.